The summed E-state index contributed by atoms with van der Waals surface area (Å²) >= 11 is 0. The molecule has 0 saturated carbocycles. The summed E-state index contributed by atoms with van der Waals surface area (Å²) in [6, 6.07) is 7.62. The zero-order valence-electron chi connectivity index (χ0n) is 12.0. The van der Waals surface area contributed by atoms with E-state index in [1.54, 1.807) is 20.1 Å². The summed E-state index contributed by atoms with van der Waals surface area (Å²) in [7, 11) is 1.65. The molecule has 0 bridgehead atoms. The van der Waals surface area contributed by atoms with Crippen molar-refractivity contribution in [1.82, 2.24) is 9.97 Å². The first-order valence-electron chi connectivity index (χ1n) is 6.21. The average Bonchev–Trinajstić information content (AvgIpc) is 2.41. The molecule has 0 aliphatic rings. The van der Waals surface area contributed by atoms with Gasteiger partial charge in [-0.15, -0.1) is 0 Å². The number of benzene rings is 1. The third-order valence-electron chi connectivity index (χ3n) is 2.96. The highest BCUT2D eigenvalue weighted by molar-refractivity contribution is 5.64. The maximum Gasteiger partial charge on any atom is 0.146 e. The number of hydrogen-bond acceptors (Lipinski definition) is 5. The minimum absolute atomic E-state index is 0.350. The summed E-state index contributed by atoms with van der Waals surface area (Å²) in [6.45, 7) is 5.73. The zero-order chi connectivity index (χ0) is 14.7. The van der Waals surface area contributed by atoms with Gasteiger partial charge in [0.25, 0.3) is 0 Å². The van der Waals surface area contributed by atoms with Gasteiger partial charge in [-0.2, -0.15) is 5.26 Å². The fraction of sp³-hybridized carbons (Fsp3) is 0.267. The van der Waals surface area contributed by atoms with E-state index < -0.39 is 0 Å². The number of ether oxygens (including phenoxy) is 1. The van der Waals surface area contributed by atoms with E-state index in [-0.39, 0.29) is 0 Å². The SMILES string of the molecule is COc1cc(C)c(Nc2cc(C#N)nc(C)n2)cc1C. The number of hydrogen-bond donors (Lipinski definition) is 1. The van der Waals surface area contributed by atoms with Crippen LogP contribution in [0.1, 0.15) is 22.6 Å². The molecule has 0 amide bonds. The summed E-state index contributed by atoms with van der Waals surface area (Å²) < 4.78 is 5.29. The van der Waals surface area contributed by atoms with Gasteiger partial charge in [-0.3, -0.25) is 0 Å². The molecule has 2 rings (SSSR count). The van der Waals surface area contributed by atoms with E-state index in [4.69, 9.17) is 10.00 Å². The van der Waals surface area contributed by atoms with Crippen LogP contribution in [-0.4, -0.2) is 17.1 Å². The predicted octanol–water partition coefficient (Wildman–Crippen LogP) is 3.03. The Kier molecular flexibility index (Phi) is 3.85. The highest BCUT2D eigenvalue weighted by Crippen LogP contribution is 2.27. The number of nitrogens with one attached hydrogen (secondary N) is 1. The van der Waals surface area contributed by atoms with Gasteiger partial charge in [0.05, 0.1) is 7.11 Å². The third kappa shape index (κ3) is 2.86. The van der Waals surface area contributed by atoms with Crippen LogP contribution in [-0.2, 0) is 0 Å². The Hall–Kier alpha value is -2.61. The molecule has 0 fully saturated rings. The van der Waals surface area contributed by atoms with E-state index in [2.05, 4.69) is 15.3 Å². The normalized spacial score (nSPS) is 9.95. The van der Waals surface area contributed by atoms with Crippen LogP contribution in [0.15, 0.2) is 18.2 Å². The number of anilines is 2. The minimum Gasteiger partial charge on any atom is -0.496 e. The van der Waals surface area contributed by atoms with Gasteiger partial charge in [0, 0.05) is 11.8 Å². The molecule has 5 heteroatoms. The van der Waals surface area contributed by atoms with Crippen molar-refractivity contribution < 1.29 is 4.74 Å². The van der Waals surface area contributed by atoms with Crippen molar-refractivity contribution in [3.8, 4) is 11.8 Å². The number of nitrogens with zero attached hydrogens (tertiary/aromatic N) is 3. The molecule has 0 atom stereocenters. The highest BCUT2D eigenvalue weighted by Gasteiger charge is 2.07. The number of methoxy groups -OCH3 is 1. The Labute approximate surface area is 118 Å². The summed E-state index contributed by atoms with van der Waals surface area (Å²) in [5.74, 6) is 2.03. The van der Waals surface area contributed by atoms with E-state index in [1.165, 1.54) is 0 Å². The number of aromatic nitrogens is 2. The average molecular weight is 268 g/mol. The second-order valence-corrected chi connectivity index (χ2v) is 4.56. The lowest BCUT2D eigenvalue weighted by Crippen LogP contribution is -2.01. The minimum atomic E-state index is 0.350. The van der Waals surface area contributed by atoms with Gasteiger partial charge in [0.15, 0.2) is 0 Å². The monoisotopic (exact) mass is 268 g/mol. The molecule has 0 radical (unpaired) electrons. The molecule has 1 aromatic heterocycles. The van der Waals surface area contributed by atoms with E-state index in [9.17, 15) is 0 Å². The van der Waals surface area contributed by atoms with Gasteiger partial charge in [-0.05, 0) is 44.0 Å². The van der Waals surface area contributed by atoms with Crippen molar-refractivity contribution in [2.75, 3.05) is 12.4 Å². The molecular formula is C15H16N4O. The van der Waals surface area contributed by atoms with Gasteiger partial charge in [0.1, 0.15) is 29.2 Å². The molecule has 1 N–H and O–H groups in total. The molecule has 102 valence electrons. The Morgan fingerprint density at radius 2 is 1.85 bits per heavy atom. The Morgan fingerprint density at radius 1 is 1.10 bits per heavy atom. The molecule has 0 spiro atoms. The Bertz CT molecular complexity index is 689. The molecule has 5 nitrogen and oxygen atoms in total. The van der Waals surface area contributed by atoms with Crippen molar-refractivity contribution in [2.45, 2.75) is 20.8 Å². The first kappa shape index (κ1) is 13.8. The molecule has 20 heavy (non-hydrogen) atoms. The predicted molar refractivity (Wildman–Crippen MR) is 77.2 cm³/mol. The fourth-order valence-electron chi connectivity index (χ4n) is 1.97. The molecular weight excluding hydrogens is 252 g/mol. The lowest BCUT2D eigenvalue weighted by atomic mass is 10.1. The van der Waals surface area contributed by atoms with Crippen molar-refractivity contribution in [2.24, 2.45) is 0 Å². The lowest BCUT2D eigenvalue weighted by Gasteiger charge is -2.13. The van der Waals surface area contributed by atoms with Gasteiger partial charge in [-0.25, -0.2) is 9.97 Å². The van der Waals surface area contributed by atoms with Crippen LogP contribution in [0, 0.1) is 32.1 Å². The van der Waals surface area contributed by atoms with Crippen molar-refractivity contribution in [3.05, 3.63) is 40.8 Å². The highest BCUT2D eigenvalue weighted by atomic mass is 16.5. The van der Waals surface area contributed by atoms with Crippen LogP contribution in [0.4, 0.5) is 11.5 Å². The summed E-state index contributed by atoms with van der Waals surface area (Å²) in [6.07, 6.45) is 0. The number of aryl methyl sites for hydroxylation is 3. The number of nitriles is 1. The van der Waals surface area contributed by atoms with Crippen LogP contribution < -0.4 is 10.1 Å². The topological polar surface area (TPSA) is 70.8 Å². The van der Waals surface area contributed by atoms with Crippen LogP contribution >= 0.6 is 0 Å². The first-order valence-corrected chi connectivity index (χ1v) is 6.21. The van der Waals surface area contributed by atoms with Crippen molar-refractivity contribution in [1.29, 1.82) is 5.26 Å². The van der Waals surface area contributed by atoms with Crippen molar-refractivity contribution >= 4 is 11.5 Å². The first-order chi connectivity index (χ1) is 9.53. The molecule has 0 aliphatic carbocycles. The summed E-state index contributed by atoms with van der Waals surface area (Å²) in [5, 5.41) is 12.2. The zero-order valence-corrected chi connectivity index (χ0v) is 12.0. The van der Waals surface area contributed by atoms with Gasteiger partial charge in [-0.1, -0.05) is 0 Å². The maximum atomic E-state index is 8.93. The quantitative estimate of drug-likeness (QED) is 0.926. The third-order valence-corrected chi connectivity index (χ3v) is 2.96. The summed E-state index contributed by atoms with van der Waals surface area (Å²) in [5.41, 5.74) is 3.36. The number of rotatable bonds is 3. The van der Waals surface area contributed by atoms with E-state index in [1.807, 2.05) is 32.0 Å². The maximum absolute atomic E-state index is 8.93. The summed E-state index contributed by atoms with van der Waals surface area (Å²) in [4.78, 5) is 8.31. The Balaban J connectivity index is 2.38. The lowest BCUT2D eigenvalue weighted by molar-refractivity contribution is 0.411. The molecule has 1 aromatic carbocycles. The van der Waals surface area contributed by atoms with E-state index in [0.717, 1.165) is 22.6 Å². The van der Waals surface area contributed by atoms with Gasteiger partial charge in [0.2, 0.25) is 0 Å². The fourth-order valence-corrected chi connectivity index (χ4v) is 1.97. The van der Waals surface area contributed by atoms with Gasteiger partial charge < -0.3 is 10.1 Å². The molecule has 2 aromatic rings. The molecule has 0 saturated heterocycles. The van der Waals surface area contributed by atoms with Crippen LogP contribution in [0.3, 0.4) is 0 Å². The molecule has 1 heterocycles. The second kappa shape index (κ2) is 5.57. The largest absolute Gasteiger partial charge is 0.496 e. The van der Waals surface area contributed by atoms with Crippen LogP contribution in [0.5, 0.6) is 5.75 Å². The van der Waals surface area contributed by atoms with E-state index in [0.29, 0.717) is 17.3 Å². The molecule has 0 unspecified atom stereocenters. The smallest absolute Gasteiger partial charge is 0.146 e. The van der Waals surface area contributed by atoms with E-state index >= 15 is 0 Å². The van der Waals surface area contributed by atoms with Crippen LogP contribution in [0.2, 0.25) is 0 Å². The Morgan fingerprint density at radius 3 is 2.50 bits per heavy atom. The second-order valence-electron chi connectivity index (χ2n) is 4.56. The van der Waals surface area contributed by atoms with Crippen molar-refractivity contribution in [3.63, 3.8) is 0 Å². The van der Waals surface area contributed by atoms with Gasteiger partial charge >= 0.3 is 0 Å². The standard InChI is InChI=1S/C15H16N4O/c1-9-6-14(20-4)10(2)5-13(9)19-15-7-12(8-16)17-11(3)18-15/h5-7H,1-4H3,(H,17,18,19). The molecule has 0 aliphatic heterocycles. The van der Waals surface area contributed by atoms with Crippen LogP contribution in [0.25, 0.3) is 0 Å².